The van der Waals surface area contributed by atoms with Crippen molar-refractivity contribution in [3.8, 4) is 11.3 Å². The fourth-order valence-corrected chi connectivity index (χ4v) is 14.9. The van der Waals surface area contributed by atoms with E-state index >= 15 is 4.79 Å². The molecule has 76 heavy (non-hydrogen) atoms. The summed E-state index contributed by atoms with van der Waals surface area (Å²) < 4.78 is 7.80. The molecule has 13 rings (SSSR count). The number of aromatic nitrogens is 4. The summed E-state index contributed by atoms with van der Waals surface area (Å²) in [7, 11) is 0. The molecule has 0 bridgehead atoms. The molecule has 8 fully saturated rings. The first-order valence-corrected chi connectivity index (χ1v) is 28.8. The minimum Gasteiger partial charge on any atom is -0.380 e. The molecule has 1 aromatic carbocycles. The molecule has 2 spiro atoms. The Kier molecular flexibility index (Phi) is 12.5. The Balaban J connectivity index is 0.677. The maximum absolute atomic E-state index is 15.4. The van der Waals surface area contributed by atoms with E-state index in [1.807, 2.05) is 28.3 Å². The Labute approximate surface area is 445 Å². The van der Waals surface area contributed by atoms with E-state index in [-0.39, 0.29) is 53.5 Å². The van der Waals surface area contributed by atoms with Crippen LogP contribution in [0.1, 0.15) is 140 Å². The van der Waals surface area contributed by atoms with E-state index in [0.717, 1.165) is 116 Å². The Morgan fingerprint density at radius 1 is 0.816 bits per heavy atom. The van der Waals surface area contributed by atoms with Gasteiger partial charge in [-0.3, -0.25) is 29.3 Å². The van der Waals surface area contributed by atoms with Crippen LogP contribution in [0, 0.1) is 16.7 Å². The van der Waals surface area contributed by atoms with Gasteiger partial charge in [-0.2, -0.15) is 0 Å². The second-order valence-electron chi connectivity index (χ2n) is 25.0. The summed E-state index contributed by atoms with van der Waals surface area (Å²) in [5, 5.41) is 6.27. The molecule has 10 heterocycles. The molecule has 2 N–H and O–H groups in total. The van der Waals surface area contributed by atoms with Gasteiger partial charge in [0.1, 0.15) is 11.3 Å². The number of anilines is 3. The predicted molar refractivity (Wildman–Crippen MR) is 289 cm³/mol. The number of ether oxygens (including phenoxy) is 1. The van der Waals surface area contributed by atoms with Gasteiger partial charge in [-0.25, -0.2) is 15.0 Å². The van der Waals surface area contributed by atoms with Gasteiger partial charge in [0.25, 0.3) is 0 Å². The first kappa shape index (κ1) is 49.6. The van der Waals surface area contributed by atoms with E-state index in [2.05, 4.69) is 79.9 Å². The number of imide groups is 1. The molecule has 17 heteroatoms. The molecule has 17 nitrogen and oxygen atoms in total. The van der Waals surface area contributed by atoms with E-state index in [0.29, 0.717) is 95.3 Å². The van der Waals surface area contributed by atoms with Crippen LogP contribution in [0.4, 0.5) is 17.3 Å². The van der Waals surface area contributed by atoms with Crippen LogP contribution >= 0.6 is 0 Å². The minimum absolute atomic E-state index is 0.0767. The van der Waals surface area contributed by atoms with Gasteiger partial charge in [0.15, 0.2) is 5.82 Å². The topological polar surface area (TPSA) is 178 Å². The quantitative estimate of drug-likeness (QED) is 0.157. The normalized spacial score (nSPS) is 26.6. The van der Waals surface area contributed by atoms with Crippen LogP contribution < -0.4 is 20.4 Å². The van der Waals surface area contributed by atoms with Gasteiger partial charge in [-0.15, -0.1) is 0 Å². The number of likely N-dealkylation sites (tertiary alicyclic amines) is 3. The van der Waals surface area contributed by atoms with Crippen LogP contribution in [0.5, 0.6) is 0 Å². The molecule has 402 valence electrons. The zero-order valence-corrected chi connectivity index (χ0v) is 44.7. The van der Waals surface area contributed by atoms with Crippen molar-refractivity contribution in [2.45, 2.75) is 153 Å². The molecular weight excluding hydrogens is 959 g/mol. The van der Waals surface area contributed by atoms with Crippen LogP contribution in [0.15, 0.2) is 48.9 Å². The van der Waals surface area contributed by atoms with Crippen LogP contribution in [0.25, 0.3) is 22.3 Å². The third-order valence-electron chi connectivity index (χ3n) is 19.9. The van der Waals surface area contributed by atoms with Gasteiger partial charge in [0.05, 0.1) is 42.1 Å². The number of imidazole rings is 1. The summed E-state index contributed by atoms with van der Waals surface area (Å²) >= 11 is 0. The molecule has 0 radical (unpaired) electrons. The molecule has 9 aliphatic rings. The lowest BCUT2D eigenvalue weighted by Gasteiger charge is -2.53. The van der Waals surface area contributed by atoms with Crippen molar-refractivity contribution in [3.05, 3.63) is 60.0 Å². The van der Waals surface area contributed by atoms with Gasteiger partial charge >= 0.3 is 0 Å². The van der Waals surface area contributed by atoms with Crippen molar-refractivity contribution in [2.75, 3.05) is 80.7 Å². The number of carbonyl (C=O) groups is 5. The van der Waals surface area contributed by atoms with Crippen molar-refractivity contribution >= 4 is 57.9 Å². The number of nitrogens with zero attached hydrogens (tertiary/aromatic N) is 9. The zero-order valence-electron chi connectivity index (χ0n) is 44.7. The molecule has 1 unspecified atom stereocenters. The molecule has 2 saturated carbocycles. The number of carbonyl (C=O) groups excluding carboxylic acids is 5. The molecule has 4 aromatic rings. The van der Waals surface area contributed by atoms with E-state index < -0.39 is 10.8 Å². The summed E-state index contributed by atoms with van der Waals surface area (Å²) in [5.74, 6) is 1.25. The van der Waals surface area contributed by atoms with Gasteiger partial charge in [-0.05, 0) is 140 Å². The zero-order chi connectivity index (χ0) is 52.1. The minimum atomic E-state index is -0.700. The fraction of sp³-hybridized carbons (Fsp3) is 0.627. The molecule has 1 atom stereocenters. The summed E-state index contributed by atoms with van der Waals surface area (Å²) in [6, 6.07) is 13.8. The summed E-state index contributed by atoms with van der Waals surface area (Å²) in [5.41, 5.74) is 5.69. The van der Waals surface area contributed by atoms with Gasteiger partial charge in [0.2, 0.25) is 29.5 Å². The predicted octanol–water partition coefficient (Wildman–Crippen LogP) is 6.95. The van der Waals surface area contributed by atoms with E-state index in [9.17, 15) is 19.2 Å². The molecule has 3 aromatic heterocycles. The van der Waals surface area contributed by atoms with E-state index in [4.69, 9.17) is 14.7 Å². The molecule has 5 amide bonds. The smallest absolute Gasteiger partial charge is 0.238 e. The van der Waals surface area contributed by atoms with Gasteiger partial charge in [-0.1, -0.05) is 31.5 Å². The number of nitrogens with one attached hydrogen (secondary N) is 2. The second-order valence-corrected chi connectivity index (χ2v) is 25.0. The monoisotopic (exact) mass is 1030 g/mol. The fourth-order valence-electron chi connectivity index (χ4n) is 14.9. The van der Waals surface area contributed by atoms with Crippen molar-refractivity contribution in [1.82, 2.24) is 39.5 Å². The van der Waals surface area contributed by atoms with E-state index in [1.54, 1.807) is 6.20 Å². The molecule has 6 saturated heterocycles. The number of hydrogen-bond donors (Lipinski definition) is 2. The number of hydrogen-bond acceptors (Lipinski definition) is 12. The Morgan fingerprint density at radius 2 is 1.55 bits per heavy atom. The van der Waals surface area contributed by atoms with E-state index in [1.165, 1.54) is 19.3 Å². The lowest BCUT2D eigenvalue weighted by molar-refractivity contribution is -0.159. The lowest BCUT2D eigenvalue weighted by atomic mass is 9.64. The van der Waals surface area contributed by atoms with Crippen molar-refractivity contribution in [3.63, 3.8) is 0 Å². The Hall–Kier alpha value is -5.94. The number of benzene rings is 1. The van der Waals surface area contributed by atoms with Crippen LogP contribution in [0.2, 0.25) is 0 Å². The highest BCUT2D eigenvalue weighted by Gasteiger charge is 2.57. The second kappa shape index (κ2) is 19.2. The average Bonchev–Trinajstić information content (AvgIpc) is 4.07. The third-order valence-corrected chi connectivity index (χ3v) is 19.9. The maximum Gasteiger partial charge on any atom is 0.238 e. The largest absolute Gasteiger partial charge is 0.380 e. The number of amides is 5. The number of pyridine rings is 2. The molecule has 7 aliphatic heterocycles. The van der Waals surface area contributed by atoms with Gasteiger partial charge < -0.3 is 39.1 Å². The van der Waals surface area contributed by atoms with Crippen molar-refractivity contribution in [1.29, 1.82) is 0 Å². The third kappa shape index (κ3) is 8.56. The number of fused-ring (bicyclic) bond motifs is 3. The molecular formula is C59H75N11O6. The van der Waals surface area contributed by atoms with Crippen LogP contribution in [-0.2, 0) is 34.1 Å². The lowest BCUT2D eigenvalue weighted by Crippen LogP contribution is -2.59. The highest BCUT2D eigenvalue weighted by atomic mass is 16.5. The highest BCUT2D eigenvalue weighted by Crippen LogP contribution is 2.53. The SMILES string of the molecule is CC(C)n1cnc2cc(-c3ccc4c(c3)N([C@H]3C[C@@H](N5CCCCC5)C3)C(=O)C43CCN(C(=O)C4(C)CCN(C(=O)C5CCN(c6ccc(C7CCC(=O)NC7=O)cn6)CC5)CC4)CC3)nc(NC3CC4(COC4)C3)c21. The number of rotatable bonds is 10. The summed E-state index contributed by atoms with van der Waals surface area (Å²) in [6.07, 6.45) is 16.2. The first-order chi connectivity index (χ1) is 36.8. The standard InChI is InChI=1S/C59H75N11O6/c1-37(2)69-36-61-47-30-46(63-52(51(47)69)62-41-31-58(32-41)34-76-35-58)39-7-10-45-48(27-39)70(43-28-42(29-43)65-19-5-4-6-20-65)56(75)59(45)17-25-68(26-18-59)55(74)57(3)15-23-67(24-16-57)54(73)38-13-21-66(22-14-38)49-11-8-40(33-60-49)44-9-12-50(71)64-53(44)72/h7-8,10-11,27,30,33,36-38,41-44H,4-6,9,12-26,28-29,31-32,34-35H2,1-3H3,(H,62,63)(H,64,71,72)/t42-,43+,44?. The Bertz CT molecular complexity index is 2920. The first-order valence-electron chi connectivity index (χ1n) is 28.8. The summed E-state index contributed by atoms with van der Waals surface area (Å²) in [4.78, 5) is 94.1. The van der Waals surface area contributed by atoms with Crippen molar-refractivity contribution < 1.29 is 28.7 Å². The Morgan fingerprint density at radius 3 is 2.22 bits per heavy atom. The van der Waals surface area contributed by atoms with Crippen LogP contribution in [-0.4, -0.2) is 147 Å². The maximum atomic E-state index is 15.4. The molecule has 2 aliphatic carbocycles. The average molecular weight is 1030 g/mol. The highest BCUT2D eigenvalue weighted by molar-refractivity contribution is 6.09. The van der Waals surface area contributed by atoms with Crippen molar-refractivity contribution in [2.24, 2.45) is 16.7 Å². The van der Waals surface area contributed by atoms with Crippen LogP contribution in [0.3, 0.4) is 0 Å². The number of piperidine rings is 5. The van der Waals surface area contributed by atoms with Gasteiger partial charge in [0, 0.05) is 104 Å². The summed E-state index contributed by atoms with van der Waals surface area (Å²) in [6.45, 7) is 14.0.